The molecular weight excluding hydrogens is 973 g/mol. The van der Waals surface area contributed by atoms with E-state index < -0.39 is 80.4 Å². The lowest BCUT2D eigenvalue weighted by molar-refractivity contribution is -0.133. The van der Waals surface area contributed by atoms with Crippen molar-refractivity contribution in [2.24, 2.45) is 11.8 Å². The number of nitrogens with zero attached hydrogens (tertiary/aromatic N) is 4. The maximum absolute atomic E-state index is 14.4. The fourth-order valence-electron chi connectivity index (χ4n) is 10.3. The average Bonchev–Trinajstić information content (AvgIpc) is 3.30. The maximum Gasteiger partial charge on any atom is 0.336 e. The van der Waals surface area contributed by atoms with Crippen molar-refractivity contribution in [3.63, 3.8) is 0 Å². The van der Waals surface area contributed by atoms with Gasteiger partial charge in [-0.25, -0.2) is 18.4 Å². The quantitative estimate of drug-likeness (QED) is 0.0813. The predicted octanol–water partition coefficient (Wildman–Crippen LogP) is 5.84. The summed E-state index contributed by atoms with van der Waals surface area (Å²) in [4.78, 5) is 105. The number of hydrogen-bond acceptors (Lipinski definition) is 12. The lowest BCUT2D eigenvalue weighted by Gasteiger charge is -2.54. The highest BCUT2D eigenvalue weighted by atomic mass is 35.5. The Labute approximate surface area is 415 Å². The van der Waals surface area contributed by atoms with E-state index in [2.05, 4.69) is 0 Å². The molecule has 0 atom stereocenters. The van der Waals surface area contributed by atoms with Crippen molar-refractivity contribution < 1.29 is 62.0 Å². The van der Waals surface area contributed by atoms with Gasteiger partial charge in [0.2, 0.25) is 16.6 Å². The number of ketones is 2. The minimum atomic E-state index is -1.42. The molecule has 2 aliphatic heterocycles. The number of aromatic hydroxyl groups is 1. The van der Waals surface area contributed by atoms with Crippen molar-refractivity contribution >= 4 is 58.5 Å². The number of carbonyl (C=O) groups is 6. The van der Waals surface area contributed by atoms with E-state index in [-0.39, 0.29) is 87.8 Å². The molecule has 2 aromatic carbocycles. The van der Waals surface area contributed by atoms with Crippen molar-refractivity contribution in [2.45, 2.75) is 62.4 Å². The summed E-state index contributed by atoms with van der Waals surface area (Å²) >= 11 is 11.6. The van der Waals surface area contributed by atoms with E-state index in [9.17, 15) is 52.2 Å². The minimum absolute atomic E-state index is 0.0402. The van der Waals surface area contributed by atoms with E-state index in [1.807, 2.05) is 0 Å². The van der Waals surface area contributed by atoms with Gasteiger partial charge in [0, 0.05) is 92.0 Å². The number of amides is 2. The number of ether oxygens (including phenoxy) is 3. The Morgan fingerprint density at radius 1 is 0.704 bits per heavy atom. The van der Waals surface area contributed by atoms with Gasteiger partial charge in [0.1, 0.15) is 11.6 Å². The van der Waals surface area contributed by atoms with Crippen molar-refractivity contribution in [2.75, 3.05) is 54.6 Å². The summed E-state index contributed by atoms with van der Waals surface area (Å²) in [5, 5.41) is 19.3. The van der Waals surface area contributed by atoms with Crippen LogP contribution in [0.15, 0.2) is 70.5 Å². The second-order valence-electron chi connectivity index (χ2n) is 18.5. The van der Waals surface area contributed by atoms with Crippen LogP contribution in [0.2, 0.25) is 10.0 Å². The van der Waals surface area contributed by atoms with Gasteiger partial charge in [-0.1, -0.05) is 47.5 Å². The number of pyridine rings is 2. The van der Waals surface area contributed by atoms with Crippen LogP contribution >= 0.6 is 23.2 Å². The van der Waals surface area contributed by atoms with Crippen LogP contribution in [-0.4, -0.2) is 119 Å². The van der Waals surface area contributed by atoms with E-state index >= 15 is 0 Å². The van der Waals surface area contributed by atoms with Crippen LogP contribution in [0.4, 0.5) is 8.78 Å². The van der Waals surface area contributed by atoms with Crippen molar-refractivity contribution in [1.29, 1.82) is 0 Å². The van der Waals surface area contributed by atoms with Gasteiger partial charge in [-0.05, 0) is 73.6 Å². The van der Waals surface area contributed by atoms with Gasteiger partial charge in [0.25, 0.3) is 11.8 Å². The first kappa shape index (κ1) is 52.3. The number of aliphatic carboxylic acids is 1. The fraction of sp³-hybridized carbons (Fsp3) is 0.400. The zero-order chi connectivity index (χ0) is 51.7. The summed E-state index contributed by atoms with van der Waals surface area (Å²) in [5.41, 5.74) is -3.48. The lowest BCUT2D eigenvalue weighted by atomic mass is 9.67. The van der Waals surface area contributed by atoms with Gasteiger partial charge in [-0.15, -0.1) is 0 Å². The molecule has 17 nitrogen and oxygen atoms in total. The number of benzene rings is 2. The largest absolute Gasteiger partial charge is 0.503 e. The molecule has 4 heterocycles. The summed E-state index contributed by atoms with van der Waals surface area (Å²) in [6, 6.07) is 8.92. The Morgan fingerprint density at radius 3 is 1.59 bits per heavy atom. The Bertz CT molecular complexity index is 3000. The molecule has 2 aliphatic carbocycles. The molecule has 71 heavy (non-hydrogen) atoms. The Hall–Kier alpha value is -6.54. The van der Waals surface area contributed by atoms with Crippen LogP contribution < -0.4 is 15.6 Å². The van der Waals surface area contributed by atoms with E-state index in [0.717, 1.165) is 0 Å². The highest BCUT2D eigenvalue weighted by Crippen LogP contribution is 2.49. The predicted molar refractivity (Wildman–Crippen MR) is 253 cm³/mol. The van der Waals surface area contributed by atoms with Gasteiger partial charge in [0.05, 0.1) is 32.3 Å². The van der Waals surface area contributed by atoms with Crippen LogP contribution in [0.3, 0.4) is 0 Å². The first-order valence-electron chi connectivity index (χ1n) is 22.5. The molecule has 4 aliphatic rings. The summed E-state index contributed by atoms with van der Waals surface area (Å²) < 4.78 is 47.3. The number of carbonyl (C=O) groups excluding carboxylic acids is 5. The van der Waals surface area contributed by atoms with E-state index in [4.69, 9.17) is 42.5 Å². The second kappa shape index (κ2) is 21.0. The molecule has 2 saturated carbocycles. The number of carboxylic acids is 1. The van der Waals surface area contributed by atoms with Crippen LogP contribution in [0.1, 0.15) is 91.3 Å². The SMILES string of the molecule is COCC1CC2(C1)CN(C)C(=O)c1c(O)c(=O)c(C(=O)CCc3cccc(Cl)c3F)cn12.COCC1CC2(C1)CN(C)C(=O)c1c(OC(=O)/C=C/C(=O)O)c(=O)c(C(=O)CCc3cccc(Cl)c3F)cn12. The number of carboxylic acid groups (broad SMARTS) is 1. The first-order valence-corrected chi connectivity index (χ1v) is 23.2. The third-order valence-electron chi connectivity index (χ3n) is 13.5. The third kappa shape index (κ3) is 10.3. The molecule has 0 bridgehead atoms. The highest BCUT2D eigenvalue weighted by Gasteiger charge is 2.53. The molecule has 21 heteroatoms. The molecule has 4 aromatic rings. The number of methoxy groups -OCH3 is 2. The minimum Gasteiger partial charge on any atom is -0.503 e. The molecule has 2 spiro atoms. The Balaban J connectivity index is 0.000000213. The monoisotopic (exact) mass is 1020 g/mol. The summed E-state index contributed by atoms with van der Waals surface area (Å²) in [5.74, 6) is -7.09. The number of hydrogen-bond donors (Lipinski definition) is 2. The summed E-state index contributed by atoms with van der Waals surface area (Å²) in [6.45, 7) is 1.74. The average molecular weight is 1020 g/mol. The van der Waals surface area contributed by atoms with E-state index in [0.29, 0.717) is 57.6 Å². The van der Waals surface area contributed by atoms with Gasteiger partial charge in [-0.2, -0.15) is 0 Å². The van der Waals surface area contributed by atoms with Crippen LogP contribution in [0, 0.1) is 23.5 Å². The van der Waals surface area contributed by atoms with E-state index in [1.165, 1.54) is 51.0 Å². The number of likely N-dealkylation sites (N-methyl/N-ethyl adjacent to an activating group) is 2. The summed E-state index contributed by atoms with van der Waals surface area (Å²) in [6.07, 6.45) is 5.95. The maximum atomic E-state index is 14.4. The second-order valence-corrected chi connectivity index (χ2v) is 19.3. The molecule has 8 rings (SSSR count). The number of aryl methyl sites for hydroxylation is 2. The Morgan fingerprint density at radius 2 is 1.14 bits per heavy atom. The lowest BCUT2D eigenvalue weighted by Crippen LogP contribution is -2.60. The zero-order valence-electron chi connectivity index (χ0n) is 39.1. The molecule has 2 amide bonds. The standard InChI is InChI=1S/C27H26ClFN2O8.C23H24ClFN2O5/c1-30-14-27(10-15(11-27)13-38-2)31-12-17(19(32)7-6-16-4-3-5-18(28)22(16)29)24(36)25(23(31)26(30)37)39-21(35)9-8-20(33)34;1-26-12-23(8-13(9-23)11-32-2)27-10-15(20(29)21(30)19(27)22(26)31)17(28)7-6-14-4-3-5-16(24)18(14)25/h3-5,8-9,12,15H,6-7,10-11,13-14H2,1-2H3,(H,33,34);3-5,10,13,30H,6-9,11-12H2,1-2H3/b9-8+;. The molecular formula is C50H50Cl2F2N4O13. The van der Waals surface area contributed by atoms with Crippen LogP contribution in [0.5, 0.6) is 11.5 Å². The topological polar surface area (TPSA) is 221 Å². The number of aromatic nitrogens is 2. The van der Waals surface area contributed by atoms with Gasteiger partial charge < -0.3 is 43.4 Å². The van der Waals surface area contributed by atoms with Crippen LogP contribution in [-0.2, 0) is 43.0 Å². The molecule has 2 fully saturated rings. The van der Waals surface area contributed by atoms with Gasteiger partial charge >= 0.3 is 11.9 Å². The third-order valence-corrected chi connectivity index (χ3v) is 14.1. The van der Waals surface area contributed by atoms with Crippen molar-refractivity contribution in [1.82, 2.24) is 18.9 Å². The van der Waals surface area contributed by atoms with Gasteiger partial charge in [0.15, 0.2) is 28.7 Å². The molecule has 0 unspecified atom stereocenters. The highest BCUT2D eigenvalue weighted by molar-refractivity contribution is 6.31. The van der Waals surface area contributed by atoms with Gasteiger partial charge in [-0.3, -0.25) is 28.8 Å². The first-order chi connectivity index (χ1) is 33.6. The molecule has 2 N–H and O–H groups in total. The number of halogens is 4. The number of fused-ring (bicyclic) bond motifs is 4. The van der Waals surface area contributed by atoms with E-state index in [1.54, 1.807) is 45.0 Å². The molecule has 0 radical (unpaired) electrons. The van der Waals surface area contributed by atoms with Crippen LogP contribution in [0.25, 0.3) is 0 Å². The molecule has 2 aromatic heterocycles. The normalized spacial score (nSPS) is 21.0. The fourth-order valence-corrected chi connectivity index (χ4v) is 10.7. The molecule has 0 saturated heterocycles. The molecule has 376 valence electrons. The zero-order valence-corrected chi connectivity index (χ0v) is 40.6. The smallest absolute Gasteiger partial charge is 0.336 e. The van der Waals surface area contributed by atoms with Crippen molar-refractivity contribution in [3.05, 3.63) is 137 Å². The number of Topliss-reactive ketones (excluding diaryl/α,β-unsaturated/α-hetero) is 2. The summed E-state index contributed by atoms with van der Waals surface area (Å²) in [7, 11) is 6.38. The van der Waals surface area contributed by atoms with Crippen molar-refractivity contribution in [3.8, 4) is 11.5 Å². The number of esters is 1. The Kier molecular flexibility index (Phi) is 15.5. The number of rotatable bonds is 15.